The van der Waals surface area contributed by atoms with Gasteiger partial charge in [-0.25, -0.2) is 4.79 Å². The molecule has 0 bridgehead atoms. The van der Waals surface area contributed by atoms with Crippen LogP contribution in [0, 0.1) is 6.92 Å². The van der Waals surface area contributed by atoms with Gasteiger partial charge in [-0.15, -0.1) is 0 Å². The van der Waals surface area contributed by atoms with E-state index in [9.17, 15) is 14.4 Å². The van der Waals surface area contributed by atoms with Gasteiger partial charge < -0.3 is 15.4 Å². The molecule has 0 aliphatic carbocycles. The van der Waals surface area contributed by atoms with Crippen LogP contribution in [-0.4, -0.2) is 30.4 Å². The fraction of sp³-hybridized carbons (Fsp3) is 0.250. The van der Waals surface area contributed by atoms with Crippen molar-refractivity contribution in [1.29, 1.82) is 0 Å². The van der Waals surface area contributed by atoms with E-state index in [-0.39, 0.29) is 5.91 Å². The maximum atomic E-state index is 12.1. The fourth-order valence-electron chi connectivity index (χ4n) is 2.24. The molecule has 2 aromatic rings. The molecule has 2 N–H and O–H groups in total. The molecule has 0 aliphatic rings. The van der Waals surface area contributed by atoms with Crippen molar-refractivity contribution in [3.05, 3.63) is 70.2 Å². The second-order valence-electron chi connectivity index (χ2n) is 6.08. The zero-order chi connectivity index (χ0) is 19.8. The molecule has 142 valence electrons. The Kier molecular flexibility index (Phi) is 7.37. The Morgan fingerprint density at radius 1 is 1.11 bits per heavy atom. The first-order chi connectivity index (χ1) is 12.8. The van der Waals surface area contributed by atoms with Gasteiger partial charge in [-0.3, -0.25) is 9.59 Å². The van der Waals surface area contributed by atoms with E-state index < -0.39 is 24.5 Å². The summed E-state index contributed by atoms with van der Waals surface area (Å²) < 4.78 is 4.95. The van der Waals surface area contributed by atoms with Crippen LogP contribution in [-0.2, 0) is 20.9 Å². The van der Waals surface area contributed by atoms with E-state index in [1.165, 1.54) is 6.92 Å². The average molecular weight is 389 g/mol. The number of esters is 1. The van der Waals surface area contributed by atoms with Gasteiger partial charge in [0, 0.05) is 17.1 Å². The number of carbonyl (C=O) groups excluding carboxylic acids is 3. The third-order valence-electron chi connectivity index (χ3n) is 3.73. The first-order valence-electron chi connectivity index (χ1n) is 8.40. The number of benzene rings is 2. The minimum absolute atomic E-state index is 0.299. The van der Waals surface area contributed by atoms with Crippen molar-refractivity contribution in [2.75, 3.05) is 6.61 Å². The maximum Gasteiger partial charge on any atom is 0.328 e. The largest absolute Gasteiger partial charge is 0.454 e. The molecule has 6 nitrogen and oxygen atoms in total. The Hall–Kier alpha value is -2.86. The summed E-state index contributed by atoms with van der Waals surface area (Å²) in [7, 11) is 0. The van der Waals surface area contributed by atoms with Gasteiger partial charge >= 0.3 is 5.97 Å². The van der Waals surface area contributed by atoms with E-state index in [2.05, 4.69) is 10.6 Å². The highest BCUT2D eigenvalue weighted by atomic mass is 35.5. The lowest BCUT2D eigenvalue weighted by Crippen LogP contribution is -2.41. The van der Waals surface area contributed by atoms with Gasteiger partial charge in [0.15, 0.2) is 6.61 Å². The van der Waals surface area contributed by atoms with E-state index in [0.29, 0.717) is 17.1 Å². The summed E-state index contributed by atoms with van der Waals surface area (Å²) in [6.07, 6.45) is 0. The molecule has 0 radical (unpaired) electrons. The Balaban J connectivity index is 1.74. The van der Waals surface area contributed by atoms with Gasteiger partial charge in [-0.05, 0) is 43.7 Å². The van der Waals surface area contributed by atoms with E-state index in [4.69, 9.17) is 16.3 Å². The summed E-state index contributed by atoms with van der Waals surface area (Å²) >= 11 is 5.80. The highest BCUT2D eigenvalue weighted by molar-refractivity contribution is 6.30. The smallest absolute Gasteiger partial charge is 0.328 e. The number of hydrogen-bond acceptors (Lipinski definition) is 4. The number of carbonyl (C=O) groups is 3. The van der Waals surface area contributed by atoms with Crippen molar-refractivity contribution in [2.45, 2.75) is 26.4 Å². The normalized spacial score (nSPS) is 11.4. The van der Waals surface area contributed by atoms with Crippen LogP contribution in [0.3, 0.4) is 0 Å². The van der Waals surface area contributed by atoms with Crippen LogP contribution in [0.2, 0.25) is 5.02 Å². The zero-order valence-corrected chi connectivity index (χ0v) is 15.9. The third kappa shape index (κ3) is 6.75. The van der Waals surface area contributed by atoms with Gasteiger partial charge in [-0.2, -0.15) is 0 Å². The van der Waals surface area contributed by atoms with Crippen LogP contribution < -0.4 is 10.6 Å². The fourth-order valence-corrected chi connectivity index (χ4v) is 2.37. The van der Waals surface area contributed by atoms with Crippen molar-refractivity contribution in [3.8, 4) is 0 Å². The lowest BCUT2D eigenvalue weighted by molar-refractivity contribution is -0.150. The Morgan fingerprint density at radius 2 is 1.81 bits per heavy atom. The van der Waals surface area contributed by atoms with E-state index in [1.807, 2.05) is 13.0 Å². The molecule has 27 heavy (non-hydrogen) atoms. The summed E-state index contributed by atoms with van der Waals surface area (Å²) in [4.78, 5) is 35.9. The SMILES string of the molecule is Cc1cccc(C(=O)N[C@@H](C)C(=O)OCC(=O)NCc2ccc(Cl)cc2)c1. The second kappa shape index (κ2) is 9.73. The molecule has 0 fully saturated rings. The van der Waals surface area contributed by atoms with Crippen LogP contribution in [0.15, 0.2) is 48.5 Å². The van der Waals surface area contributed by atoms with Gasteiger partial charge in [0.1, 0.15) is 6.04 Å². The van der Waals surface area contributed by atoms with Crippen LogP contribution in [0.1, 0.15) is 28.4 Å². The zero-order valence-electron chi connectivity index (χ0n) is 15.1. The summed E-state index contributed by atoms with van der Waals surface area (Å²) in [5.41, 5.74) is 2.27. The molecule has 0 saturated carbocycles. The first-order valence-corrected chi connectivity index (χ1v) is 8.78. The lowest BCUT2D eigenvalue weighted by Gasteiger charge is -2.13. The minimum Gasteiger partial charge on any atom is -0.454 e. The Labute approximate surface area is 162 Å². The van der Waals surface area contributed by atoms with Crippen molar-refractivity contribution in [1.82, 2.24) is 10.6 Å². The number of aryl methyl sites for hydroxylation is 1. The molecule has 0 unspecified atom stereocenters. The van der Waals surface area contributed by atoms with E-state index >= 15 is 0 Å². The molecule has 2 aromatic carbocycles. The number of halogens is 1. The standard InChI is InChI=1S/C20H21ClN2O4/c1-13-4-3-5-16(10-13)19(25)23-14(2)20(26)27-12-18(24)22-11-15-6-8-17(21)9-7-15/h3-10,14H,11-12H2,1-2H3,(H,22,24)(H,23,25)/t14-/m0/s1. The van der Waals surface area contributed by atoms with Crippen LogP contribution in [0.4, 0.5) is 0 Å². The predicted octanol–water partition coefficient (Wildman–Crippen LogP) is 2.63. The second-order valence-corrected chi connectivity index (χ2v) is 6.51. The molecule has 1 atom stereocenters. The van der Waals surface area contributed by atoms with Crippen molar-refractivity contribution < 1.29 is 19.1 Å². The van der Waals surface area contributed by atoms with Crippen molar-refractivity contribution in [3.63, 3.8) is 0 Å². The third-order valence-corrected chi connectivity index (χ3v) is 3.98. The van der Waals surface area contributed by atoms with Crippen LogP contribution in [0.25, 0.3) is 0 Å². The summed E-state index contributed by atoms with van der Waals surface area (Å²) in [5.74, 6) is -1.50. The number of rotatable bonds is 7. The molecule has 2 amide bonds. The Bertz CT molecular complexity index is 821. The number of ether oxygens (including phenoxy) is 1. The van der Waals surface area contributed by atoms with Crippen molar-refractivity contribution in [2.24, 2.45) is 0 Å². The molecule has 7 heteroatoms. The highest BCUT2D eigenvalue weighted by Gasteiger charge is 2.19. The number of nitrogens with one attached hydrogen (secondary N) is 2. The summed E-state index contributed by atoms with van der Waals surface area (Å²) in [5, 5.41) is 5.80. The Morgan fingerprint density at radius 3 is 2.48 bits per heavy atom. The average Bonchev–Trinajstić information content (AvgIpc) is 2.65. The van der Waals surface area contributed by atoms with Gasteiger partial charge in [0.25, 0.3) is 11.8 Å². The maximum absolute atomic E-state index is 12.1. The van der Waals surface area contributed by atoms with E-state index in [1.54, 1.807) is 42.5 Å². The molecule has 0 aliphatic heterocycles. The van der Waals surface area contributed by atoms with E-state index in [0.717, 1.165) is 11.1 Å². The first kappa shape index (κ1) is 20.5. The molecule has 0 heterocycles. The number of amides is 2. The molecule has 0 saturated heterocycles. The predicted molar refractivity (Wildman–Crippen MR) is 102 cm³/mol. The number of hydrogen-bond donors (Lipinski definition) is 2. The topological polar surface area (TPSA) is 84.5 Å². The van der Waals surface area contributed by atoms with Gasteiger partial charge in [0.2, 0.25) is 0 Å². The van der Waals surface area contributed by atoms with Gasteiger partial charge in [0.05, 0.1) is 0 Å². The van der Waals surface area contributed by atoms with Crippen LogP contribution >= 0.6 is 11.6 Å². The highest BCUT2D eigenvalue weighted by Crippen LogP contribution is 2.09. The molecular formula is C20H21ClN2O4. The molecule has 0 aromatic heterocycles. The molecule has 0 spiro atoms. The summed E-state index contributed by atoms with van der Waals surface area (Å²) in [6, 6.07) is 13.2. The van der Waals surface area contributed by atoms with Crippen LogP contribution in [0.5, 0.6) is 0 Å². The summed E-state index contributed by atoms with van der Waals surface area (Å²) in [6.45, 7) is 3.25. The lowest BCUT2D eigenvalue weighted by atomic mass is 10.1. The minimum atomic E-state index is -0.873. The quantitative estimate of drug-likeness (QED) is 0.714. The van der Waals surface area contributed by atoms with Gasteiger partial charge in [-0.1, -0.05) is 41.4 Å². The monoisotopic (exact) mass is 388 g/mol. The molecule has 2 rings (SSSR count). The van der Waals surface area contributed by atoms with Crippen molar-refractivity contribution >= 4 is 29.4 Å². The molecular weight excluding hydrogens is 368 g/mol.